The number of amides is 1. The van der Waals surface area contributed by atoms with Crippen LogP contribution in [0.1, 0.15) is 11.3 Å². The van der Waals surface area contributed by atoms with Crippen LogP contribution in [0.25, 0.3) is 0 Å². The Hall–Kier alpha value is -2.20. The molecule has 0 radical (unpaired) electrons. The van der Waals surface area contributed by atoms with Crippen LogP contribution in [0, 0.1) is 0 Å². The molecule has 0 saturated carbocycles. The summed E-state index contributed by atoms with van der Waals surface area (Å²) < 4.78 is 0. The van der Waals surface area contributed by atoms with E-state index in [0.717, 1.165) is 11.3 Å². The molecular formula is C16H18N2O2. The molecule has 0 saturated heterocycles. The number of aliphatic hydroxyl groups excluding tert-OH is 1. The van der Waals surface area contributed by atoms with Crippen LogP contribution in [0.4, 0.5) is 0 Å². The summed E-state index contributed by atoms with van der Waals surface area (Å²) in [5.41, 5.74) is 1.81. The Kier molecular flexibility index (Phi) is 5.26. The van der Waals surface area contributed by atoms with Crippen molar-refractivity contribution >= 4 is 5.91 Å². The number of aliphatic hydroxyl groups is 1. The number of hydrogen-bond donors (Lipinski definition) is 2. The molecule has 1 unspecified atom stereocenters. The van der Waals surface area contributed by atoms with Gasteiger partial charge in [-0.15, -0.1) is 0 Å². The summed E-state index contributed by atoms with van der Waals surface area (Å²) in [6.45, 7) is -0.0805. The van der Waals surface area contributed by atoms with Crippen molar-refractivity contribution in [3.05, 3.63) is 66.0 Å². The minimum Gasteiger partial charge on any atom is -0.394 e. The molecule has 1 aromatic heterocycles. The molecule has 0 aliphatic heterocycles. The molecule has 1 heterocycles. The van der Waals surface area contributed by atoms with Crippen molar-refractivity contribution in [1.29, 1.82) is 0 Å². The standard InChI is InChI=1S/C16H18N2O2/c19-12-15(10-13-6-2-1-3-7-13)18-16(20)11-14-8-4-5-9-17-14/h1-9,15,19H,10-12H2,(H,18,20). The van der Waals surface area contributed by atoms with Gasteiger partial charge in [-0.3, -0.25) is 9.78 Å². The maximum Gasteiger partial charge on any atom is 0.226 e. The lowest BCUT2D eigenvalue weighted by Crippen LogP contribution is -2.40. The second kappa shape index (κ2) is 7.40. The number of nitrogens with zero attached hydrogens (tertiary/aromatic N) is 1. The Morgan fingerprint density at radius 3 is 2.55 bits per heavy atom. The number of pyridine rings is 1. The van der Waals surface area contributed by atoms with E-state index in [1.165, 1.54) is 0 Å². The number of nitrogens with one attached hydrogen (secondary N) is 1. The molecule has 2 aromatic rings. The Labute approximate surface area is 118 Å². The lowest BCUT2D eigenvalue weighted by molar-refractivity contribution is -0.121. The van der Waals surface area contributed by atoms with E-state index in [4.69, 9.17) is 0 Å². The van der Waals surface area contributed by atoms with E-state index in [0.29, 0.717) is 6.42 Å². The van der Waals surface area contributed by atoms with Crippen LogP contribution in [0.15, 0.2) is 54.7 Å². The predicted octanol–water partition coefficient (Wildman–Crippen LogP) is 1.34. The topological polar surface area (TPSA) is 62.2 Å². The molecule has 1 atom stereocenters. The van der Waals surface area contributed by atoms with Gasteiger partial charge in [0, 0.05) is 11.9 Å². The molecule has 104 valence electrons. The summed E-state index contributed by atoms with van der Waals surface area (Å²) >= 11 is 0. The molecule has 20 heavy (non-hydrogen) atoms. The van der Waals surface area contributed by atoms with Gasteiger partial charge in [0.2, 0.25) is 5.91 Å². The summed E-state index contributed by atoms with van der Waals surface area (Å²) in [7, 11) is 0. The lowest BCUT2D eigenvalue weighted by atomic mass is 10.1. The molecule has 1 amide bonds. The summed E-state index contributed by atoms with van der Waals surface area (Å²) in [6.07, 6.45) is 2.51. The molecule has 0 aliphatic rings. The van der Waals surface area contributed by atoms with Gasteiger partial charge in [-0.25, -0.2) is 0 Å². The van der Waals surface area contributed by atoms with Crippen molar-refractivity contribution in [3.63, 3.8) is 0 Å². The summed E-state index contributed by atoms with van der Waals surface area (Å²) in [5.74, 6) is -0.126. The van der Waals surface area contributed by atoms with Gasteiger partial charge in [0.25, 0.3) is 0 Å². The van der Waals surface area contributed by atoms with E-state index < -0.39 is 0 Å². The summed E-state index contributed by atoms with van der Waals surface area (Å²) in [4.78, 5) is 16.0. The van der Waals surface area contributed by atoms with E-state index in [-0.39, 0.29) is 25.0 Å². The fourth-order valence-corrected chi connectivity index (χ4v) is 2.01. The van der Waals surface area contributed by atoms with E-state index in [1.54, 1.807) is 6.20 Å². The van der Waals surface area contributed by atoms with Gasteiger partial charge in [-0.05, 0) is 24.1 Å². The third kappa shape index (κ3) is 4.48. The van der Waals surface area contributed by atoms with Gasteiger partial charge in [0.1, 0.15) is 0 Å². The number of carbonyl (C=O) groups excluding carboxylic acids is 1. The van der Waals surface area contributed by atoms with Crippen LogP contribution in [-0.2, 0) is 17.6 Å². The highest BCUT2D eigenvalue weighted by atomic mass is 16.3. The van der Waals surface area contributed by atoms with Crippen LogP contribution in [-0.4, -0.2) is 28.6 Å². The first-order valence-electron chi connectivity index (χ1n) is 6.62. The number of carbonyl (C=O) groups is 1. The van der Waals surface area contributed by atoms with E-state index in [9.17, 15) is 9.90 Å². The quantitative estimate of drug-likeness (QED) is 0.832. The maximum absolute atomic E-state index is 11.9. The molecule has 0 bridgehead atoms. The van der Waals surface area contributed by atoms with Crippen LogP contribution < -0.4 is 5.32 Å². The first-order chi connectivity index (χ1) is 9.78. The van der Waals surface area contributed by atoms with Gasteiger partial charge in [0.05, 0.1) is 19.1 Å². The summed E-state index contributed by atoms with van der Waals surface area (Å²) in [6, 6.07) is 15.0. The van der Waals surface area contributed by atoms with Crippen LogP contribution in [0.2, 0.25) is 0 Å². The van der Waals surface area contributed by atoms with Gasteiger partial charge in [-0.1, -0.05) is 36.4 Å². The number of aromatic nitrogens is 1. The number of hydrogen-bond acceptors (Lipinski definition) is 3. The number of rotatable bonds is 6. The fraction of sp³-hybridized carbons (Fsp3) is 0.250. The van der Waals surface area contributed by atoms with Crippen LogP contribution in [0.3, 0.4) is 0 Å². The highest BCUT2D eigenvalue weighted by molar-refractivity contribution is 5.78. The van der Waals surface area contributed by atoms with Crippen LogP contribution >= 0.6 is 0 Å². The average molecular weight is 270 g/mol. The van der Waals surface area contributed by atoms with E-state index in [1.807, 2.05) is 48.5 Å². The van der Waals surface area contributed by atoms with Crippen molar-refractivity contribution in [1.82, 2.24) is 10.3 Å². The third-order valence-electron chi connectivity index (χ3n) is 2.98. The van der Waals surface area contributed by atoms with Crippen LogP contribution in [0.5, 0.6) is 0 Å². The lowest BCUT2D eigenvalue weighted by Gasteiger charge is -2.16. The molecule has 0 fully saturated rings. The first-order valence-corrected chi connectivity index (χ1v) is 6.62. The highest BCUT2D eigenvalue weighted by Gasteiger charge is 2.12. The number of benzene rings is 1. The molecule has 2 rings (SSSR count). The molecule has 2 N–H and O–H groups in total. The van der Waals surface area contributed by atoms with Crippen molar-refractivity contribution in [2.75, 3.05) is 6.61 Å². The first kappa shape index (κ1) is 14.2. The smallest absolute Gasteiger partial charge is 0.226 e. The normalized spacial score (nSPS) is 11.8. The Bertz CT molecular complexity index is 529. The molecule has 4 heteroatoms. The highest BCUT2D eigenvalue weighted by Crippen LogP contribution is 2.03. The Morgan fingerprint density at radius 1 is 1.15 bits per heavy atom. The SMILES string of the molecule is O=C(Cc1ccccn1)NC(CO)Cc1ccccc1. The minimum atomic E-state index is -0.270. The maximum atomic E-state index is 11.9. The molecule has 4 nitrogen and oxygen atoms in total. The van der Waals surface area contributed by atoms with Gasteiger partial charge in [-0.2, -0.15) is 0 Å². The largest absolute Gasteiger partial charge is 0.394 e. The molecule has 0 aliphatic carbocycles. The molecular weight excluding hydrogens is 252 g/mol. The Morgan fingerprint density at radius 2 is 1.90 bits per heavy atom. The van der Waals surface area contributed by atoms with Crippen molar-refractivity contribution in [2.45, 2.75) is 18.9 Å². The minimum absolute atomic E-state index is 0.0805. The van der Waals surface area contributed by atoms with Gasteiger partial charge < -0.3 is 10.4 Å². The van der Waals surface area contributed by atoms with Gasteiger partial charge in [0.15, 0.2) is 0 Å². The summed E-state index contributed by atoms with van der Waals surface area (Å²) in [5, 5.41) is 12.2. The van der Waals surface area contributed by atoms with Crippen molar-refractivity contribution in [3.8, 4) is 0 Å². The van der Waals surface area contributed by atoms with Crippen molar-refractivity contribution < 1.29 is 9.90 Å². The predicted molar refractivity (Wildman–Crippen MR) is 77.1 cm³/mol. The van der Waals surface area contributed by atoms with Crippen molar-refractivity contribution in [2.24, 2.45) is 0 Å². The monoisotopic (exact) mass is 270 g/mol. The third-order valence-corrected chi connectivity index (χ3v) is 2.98. The second-order valence-corrected chi connectivity index (χ2v) is 4.63. The van der Waals surface area contributed by atoms with E-state index in [2.05, 4.69) is 10.3 Å². The van der Waals surface area contributed by atoms with E-state index >= 15 is 0 Å². The Balaban J connectivity index is 1.88. The fourth-order valence-electron chi connectivity index (χ4n) is 2.01. The molecule has 1 aromatic carbocycles. The molecule has 0 spiro atoms. The zero-order valence-electron chi connectivity index (χ0n) is 11.2. The van der Waals surface area contributed by atoms with Gasteiger partial charge >= 0.3 is 0 Å². The second-order valence-electron chi connectivity index (χ2n) is 4.63. The zero-order chi connectivity index (χ0) is 14.2. The zero-order valence-corrected chi connectivity index (χ0v) is 11.2. The average Bonchev–Trinajstić information content (AvgIpc) is 2.48.